The fourth-order valence-corrected chi connectivity index (χ4v) is 0.694. The van der Waals surface area contributed by atoms with Gasteiger partial charge in [-0.05, 0) is 6.92 Å². The van der Waals surface area contributed by atoms with Crippen LogP contribution in [0.1, 0.15) is 6.92 Å². The molecule has 0 heterocycles. The fourth-order valence-electron chi connectivity index (χ4n) is 0.694. The smallest absolute Gasteiger partial charge is 0.405 e. The van der Waals surface area contributed by atoms with Crippen molar-refractivity contribution in [2.75, 3.05) is 7.05 Å². The van der Waals surface area contributed by atoms with Gasteiger partial charge in [-0.25, -0.2) is 4.79 Å². The van der Waals surface area contributed by atoms with E-state index in [1.165, 1.54) is 14.0 Å². The lowest BCUT2D eigenvalue weighted by Crippen LogP contribution is -2.51. The van der Waals surface area contributed by atoms with Gasteiger partial charge in [0, 0.05) is 7.05 Å². The highest BCUT2D eigenvalue weighted by Crippen LogP contribution is 1.92. The quantitative estimate of drug-likeness (QED) is 0.431. The Kier molecular flexibility index (Phi) is 4.06. The molecule has 0 fully saturated rings. The van der Waals surface area contributed by atoms with Crippen molar-refractivity contribution in [1.82, 2.24) is 10.6 Å². The van der Waals surface area contributed by atoms with E-state index in [2.05, 4.69) is 5.32 Å². The van der Waals surface area contributed by atoms with Crippen molar-refractivity contribution < 1.29 is 19.8 Å². The SMILES string of the molecule is CNC(=O)[C@@H](NC(=O)O)[C@@H](C)O. The molecule has 0 bridgehead atoms. The Morgan fingerprint density at radius 3 is 2.17 bits per heavy atom. The Balaban J connectivity index is 4.23. The Morgan fingerprint density at radius 2 is 1.92 bits per heavy atom. The van der Waals surface area contributed by atoms with Gasteiger partial charge in [-0.3, -0.25) is 4.79 Å². The molecular weight excluding hydrogens is 164 g/mol. The Labute approximate surface area is 69.6 Å². The van der Waals surface area contributed by atoms with Gasteiger partial charge in [0.2, 0.25) is 5.91 Å². The first-order chi connectivity index (χ1) is 5.49. The molecule has 0 aliphatic rings. The zero-order valence-electron chi connectivity index (χ0n) is 6.87. The summed E-state index contributed by atoms with van der Waals surface area (Å²) < 4.78 is 0. The predicted octanol–water partition coefficient (Wildman–Crippen LogP) is -1.25. The molecule has 0 spiro atoms. The van der Waals surface area contributed by atoms with Crippen molar-refractivity contribution in [2.24, 2.45) is 0 Å². The van der Waals surface area contributed by atoms with Crippen molar-refractivity contribution in [3.05, 3.63) is 0 Å². The van der Waals surface area contributed by atoms with E-state index in [1.807, 2.05) is 5.32 Å². The van der Waals surface area contributed by atoms with E-state index < -0.39 is 24.1 Å². The normalized spacial score (nSPS) is 14.6. The zero-order valence-corrected chi connectivity index (χ0v) is 6.87. The molecule has 6 nitrogen and oxygen atoms in total. The monoisotopic (exact) mass is 176 g/mol. The maximum atomic E-state index is 10.9. The van der Waals surface area contributed by atoms with Crippen molar-refractivity contribution >= 4 is 12.0 Å². The lowest BCUT2D eigenvalue weighted by atomic mass is 10.2. The number of carbonyl (C=O) groups excluding carboxylic acids is 1. The molecule has 0 radical (unpaired) electrons. The predicted molar refractivity (Wildman–Crippen MR) is 40.7 cm³/mol. The summed E-state index contributed by atoms with van der Waals surface area (Å²) in [7, 11) is 1.36. The largest absolute Gasteiger partial charge is 0.465 e. The number of rotatable bonds is 3. The highest BCUT2D eigenvalue weighted by Gasteiger charge is 2.23. The summed E-state index contributed by atoms with van der Waals surface area (Å²) in [5.74, 6) is -0.563. The summed E-state index contributed by atoms with van der Waals surface area (Å²) >= 11 is 0. The van der Waals surface area contributed by atoms with Crippen LogP contribution in [-0.4, -0.2) is 41.4 Å². The number of nitrogens with one attached hydrogen (secondary N) is 2. The highest BCUT2D eigenvalue weighted by molar-refractivity contribution is 5.85. The van der Waals surface area contributed by atoms with Crippen LogP contribution in [0, 0.1) is 0 Å². The van der Waals surface area contributed by atoms with Gasteiger partial charge in [-0.15, -0.1) is 0 Å². The van der Waals surface area contributed by atoms with Crippen LogP contribution in [0.15, 0.2) is 0 Å². The number of hydrogen-bond acceptors (Lipinski definition) is 3. The van der Waals surface area contributed by atoms with E-state index >= 15 is 0 Å². The van der Waals surface area contributed by atoms with Gasteiger partial charge in [0.05, 0.1) is 6.10 Å². The molecule has 0 aromatic rings. The minimum atomic E-state index is -1.34. The van der Waals surface area contributed by atoms with E-state index in [0.29, 0.717) is 0 Å². The Bertz CT molecular complexity index is 180. The molecule has 0 aliphatic carbocycles. The van der Waals surface area contributed by atoms with Crippen LogP contribution in [0.25, 0.3) is 0 Å². The molecule has 0 saturated carbocycles. The van der Waals surface area contributed by atoms with Crippen molar-refractivity contribution in [1.29, 1.82) is 0 Å². The number of carboxylic acid groups (broad SMARTS) is 1. The number of aliphatic hydroxyl groups excluding tert-OH is 1. The van der Waals surface area contributed by atoms with Crippen LogP contribution in [0.2, 0.25) is 0 Å². The molecule has 12 heavy (non-hydrogen) atoms. The second kappa shape index (κ2) is 4.55. The molecule has 4 N–H and O–H groups in total. The fraction of sp³-hybridized carbons (Fsp3) is 0.667. The lowest BCUT2D eigenvalue weighted by Gasteiger charge is -2.17. The summed E-state index contributed by atoms with van der Waals surface area (Å²) in [5.41, 5.74) is 0. The average Bonchev–Trinajstić information content (AvgIpc) is 1.98. The van der Waals surface area contributed by atoms with Crippen LogP contribution in [0.4, 0.5) is 4.79 Å². The van der Waals surface area contributed by atoms with E-state index in [9.17, 15) is 9.59 Å². The van der Waals surface area contributed by atoms with Crippen LogP contribution in [0.3, 0.4) is 0 Å². The molecule has 0 aromatic heterocycles. The molecule has 2 amide bonds. The van der Waals surface area contributed by atoms with Crippen molar-refractivity contribution in [3.63, 3.8) is 0 Å². The second-order valence-electron chi connectivity index (χ2n) is 2.28. The van der Waals surface area contributed by atoms with Gasteiger partial charge < -0.3 is 20.8 Å². The minimum absolute atomic E-state index is 0.563. The standard InChI is InChI=1S/C6H12N2O4/c1-3(9)4(5(10)7-2)8-6(11)12/h3-4,8-9H,1-2H3,(H,7,10)(H,11,12)/t3-,4+/m1/s1. The summed E-state index contributed by atoms with van der Waals surface area (Å²) in [6.45, 7) is 1.33. The van der Waals surface area contributed by atoms with Crippen molar-refractivity contribution in [3.8, 4) is 0 Å². The molecule has 70 valence electrons. The summed E-state index contributed by atoms with van der Waals surface area (Å²) in [4.78, 5) is 21.0. The zero-order chi connectivity index (χ0) is 9.72. The summed E-state index contributed by atoms with van der Waals surface area (Å²) in [6.07, 6.45) is -2.40. The number of aliphatic hydroxyl groups is 1. The van der Waals surface area contributed by atoms with Gasteiger partial charge in [0.25, 0.3) is 0 Å². The first-order valence-corrected chi connectivity index (χ1v) is 3.38. The van der Waals surface area contributed by atoms with Gasteiger partial charge in [-0.2, -0.15) is 0 Å². The van der Waals surface area contributed by atoms with Gasteiger partial charge in [0.15, 0.2) is 0 Å². The maximum Gasteiger partial charge on any atom is 0.405 e. The third-order valence-corrected chi connectivity index (χ3v) is 1.29. The molecule has 6 heteroatoms. The summed E-state index contributed by atoms with van der Waals surface area (Å²) in [5, 5.41) is 21.4. The van der Waals surface area contributed by atoms with Gasteiger partial charge in [0.1, 0.15) is 6.04 Å². The number of carbonyl (C=O) groups is 2. The summed E-state index contributed by atoms with van der Waals surface area (Å²) in [6, 6.07) is -1.12. The Morgan fingerprint density at radius 1 is 1.42 bits per heavy atom. The number of hydrogen-bond donors (Lipinski definition) is 4. The average molecular weight is 176 g/mol. The van der Waals surface area contributed by atoms with E-state index in [-0.39, 0.29) is 0 Å². The van der Waals surface area contributed by atoms with Crippen LogP contribution < -0.4 is 10.6 Å². The van der Waals surface area contributed by atoms with E-state index in [1.54, 1.807) is 0 Å². The minimum Gasteiger partial charge on any atom is -0.465 e. The first kappa shape index (κ1) is 10.7. The number of likely N-dealkylation sites (N-methyl/N-ethyl adjacent to an activating group) is 1. The molecule has 0 rings (SSSR count). The van der Waals surface area contributed by atoms with E-state index in [0.717, 1.165) is 0 Å². The number of amides is 2. The second-order valence-corrected chi connectivity index (χ2v) is 2.28. The van der Waals surface area contributed by atoms with Crippen LogP contribution in [-0.2, 0) is 4.79 Å². The third kappa shape index (κ3) is 3.20. The molecule has 0 unspecified atom stereocenters. The molecule has 2 atom stereocenters. The van der Waals surface area contributed by atoms with Gasteiger partial charge in [-0.1, -0.05) is 0 Å². The van der Waals surface area contributed by atoms with Crippen molar-refractivity contribution in [2.45, 2.75) is 19.1 Å². The topological polar surface area (TPSA) is 98.7 Å². The lowest BCUT2D eigenvalue weighted by molar-refractivity contribution is -0.124. The Hall–Kier alpha value is -1.30. The van der Waals surface area contributed by atoms with E-state index in [4.69, 9.17) is 10.2 Å². The molecule has 0 aromatic carbocycles. The highest BCUT2D eigenvalue weighted by atomic mass is 16.4. The molecular formula is C6H12N2O4. The molecule has 0 saturated heterocycles. The van der Waals surface area contributed by atoms with Crippen LogP contribution >= 0.6 is 0 Å². The first-order valence-electron chi connectivity index (χ1n) is 3.38. The third-order valence-electron chi connectivity index (χ3n) is 1.29. The van der Waals surface area contributed by atoms with Gasteiger partial charge >= 0.3 is 6.09 Å². The maximum absolute atomic E-state index is 10.9. The molecule has 0 aliphatic heterocycles. The van der Waals surface area contributed by atoms with Crippen LogP contribution in [0.5, 0.6) is 0 Å².